The van der Waals surface area contributed by atoms with Gasteiger partial charge in [0.25, 0.3) is 5.56 Å². The molecular formula is C24H32N6O2. The molecule has 2 aromatic heterocycles. The number of para-hydroxylation sites is 1. The van der Waals surface area contributed by atoms with Crippen LogP contribution in [0.3, 0.4) is 0 Å². The lowest BCUT2D eigenvalue weighted by atomic mass is 9.94. The second-order valence-corrected chi connectivity index (χ2v) is 8.73. The summed E-state index contributed by atoms with van der Waals surface area (Å²) in [4.78, 5) is 28.0. The van der Waals surface area contributed by atoms with E-state index in [1.54, 1.807) is 4.68 Å². The summed E-state index contributed by atoms with van der Waals surface area (Å²) in [5.74, 6) is -0.205. The van der Waals surface area contributed by atoms with E-state index >= 15 is 0 Å². The largest absolute Gasteiger partial charge is 0.353 e. The fraction of sp³-hybridized carbons (Fsp3) is 0.500. The van der Waals surface area contributed by atoms with E-state index < -0.39 is 0 Å². The smallest absolute Gasteiger partial charge is 0.278 e. The molecule has 1 fully saturated rings. The van der Waals surface area contributed by atoms with Crippen molar-refractivity contribution in [2.75, 3.05) is 20.1 Å². The highest BCUT2D eigenvalue weighted by Gasteiger charge is 2.20. The second kappa shape index (κ2) is 9.65. The van der Waals surface area contributed by atoms with Crippen LogP contribution in [0, 0.1) is 13.8 Å². The number of nitrogens with one attached hydrogen (secondary N) is 1. The highest BCUT2D eigenvalue weighted by atomic mass is 16.2. The molecule has 8 nitrogen and oxygen atoms in total. The predicted molar refractivity (Wildman–Crippen MR) is 125 cm³/mol. The maximum absolute atomic E-state index is 13.1. The molecule has 0 radical (unpaired) electrons. The molecule has 0 aliphatic heterocycles. The van der Waals surface area contributed by atoms with Crippen LogP contribution in [0.5, 0.6) is 0 Å². The van der Waals surface area contributed by atoms with Crippen LogP contribution in [0.25, 0.3) is 16.6 Å². The van der Waals surface area contributed by atoms with Gasteiger partial charge in [-0.05, 0) is 45.9 Å². The van der Waals surface area contributed by atoms with E-state index in [9.17, 15) is 9.59 Å². The van der Waals surface area contributed by atoms with Crippen LogP contribution in [0.15, 0.2) is 35.1 Å². The van der Waals surface area contributed by atoms with Gasteiger partial charge in [0.05, 0.1) is 22.5 Å². The van der Waals surface area contributed by atoms with Gasteiger partial charge in [0.2, 0.25) is 5.91 Å². The summed E-state index contributed by atoms with van der Waals surface area (Å²) in [6.45, 7) is 4.96. The molecule has 1 aliphatic carbocycles. The highest BCUT2D eigenvalue weighted by Crippen LogP contribution is 2.21. The first-order chi connectivity index (χ1) is 15.5. The number of aryl methyl sites for hydroxylation is 2. The molecule has 0 atom stereocenters. The Morgan fingerprint density at radius 1 is 1.12 bits per heavy atom. The fourth-order valence-corrected chi connectivity index (χ4v) is 4.61. The maximum Gasteiger partial charge on any atom is 0.278 e. The van der Waals surface area contributed by atoms with Gasteiger partial charge in [-0.15, -0.1) is 0 Å². The minimum absolute atomic E-state index is 0.0985. The van der Waals surface area contributed by atoms with Gasteiger partial charge < -0.3 is 10.2 Å². The lowest BCUT2D eigenvalue weighted by Gasteiger charge is -2.31. The molecule has 0 saturated heterocycles. The fourth-order valence-electron chi connectivity index (χ4n) is 4.61. The molecule has 1 amide bonds. The van der Waals surface area contributed by atoms with Crippen molar-refractivity contribution < 1.29 is 4.79 Å². The predicted octanol–water partition coefficient (Wildman–Crippen LogP) is 2.58. The zero-order chi connectivity index (χ0) is 22.7. The van der Waals surface area contributed by atoms with Gasteiger partial charge in [-0.25, -0.2) is 9.36 Å². The van der Waals surface area contributed by atoms with Gasteiger partial charge in [0.15, 0.2) is 0 Å². The standard InChI is InChI=1S/C24H32N6O2/c1-17-23-22(18(2)30(27-23)20-12-8-5-9-13-20)24(32)29(26-17)16-21(31)25-14-15-28(3)19-10-6-4-7-11-19/h5,8-9,12-13,19H,4,6-7,10-11,14-16H2,1-3H3,(H,25,31). The molecule has 0 bridgehead atoms. The van der Waals surface area contributed by atoms with Crippen molar-refractivity contribution in [1.82, 2.24) is 29.8 Å². The Hall–Kier alpha value is -3.00. The van der Waals surface area contributed by atoms with E-state index in [0.717, 1.165) is 17.9 Å². The number of fused-ring (bicyclic) bond motifs is 1. The summed E-state index contributed by atoms with van der Waals surface area (Å²) in [6, 6.07) is 10.3. The SMILES string of the molecule is Cc1nn(CC(=O)NCCN(C)C2CCCCC2)c(=O)c2c(C)n(-c3ccccc3)nc12. The summed E-state index contributed by atoms with van der Waals surface area (Å²) in [5, 5.41) is 12.4. The summed E-state index contributed by atoms with van der Waals surface area (Å²) in [5.41, 5.74) is 2.53. The van der Waals surface area contributed by atoms with Crippen molar-refractivity contribution in [3.8, 4) is 5.69 Å². The molecule has 1 aliphatic rings. The summed E-state index contributed by atoms with van der Waals surface area (Å²) in [6.07, 6.45) is 6.38. The van der Waals surface area contributed by atoms with Crippen molar-refractivity contribution >= 4 is 16.8 Å². The molecule has 8 heteroatoms. The molecule has 32 heavy (non-hydrogen) atoms. The minimum Gasteiger partial charge on any atom is -0.353 e. The van der Waals surface area contributed by atoms with E-state index in [1.165, 1.54) is 36.8 Å². The number of hydrogen-bond donors (Lipinski definition) is 1. The van der Waals surface area contributed by atoms with E-state index in [2.05, 4.69) is 27.5 Å². The van der Waals surface area contributed by atoms with Crippen LogP contribution in [-0.2, 0) is 11.3 Å². The van der Waals surface area contributed by atoms with Crippen LogP contribution in [0.2, 0.25) is 0 Å². The number of aromatic nitrogens is 4. The van der Waals surface area contributed by atoms with E-state index in [1.807, 2.05) is 44.2 Å². The molecule has 3 aromatic rings. The van der Waals surface area contributed by atoms with E-state index in [4.69, 9.17) is 0 Å². The van der Waals surface area contributed by atoms with Crippen LogP contribution in [0.1, 0.15) is 43.5 Å². The van der Waals surface area contributed by atoms with Gasteiger partial charge in [-0.3, -0.25) is 9.59 Å². The number of hydrogen-bond acceptors (Lipinski definition) is 5. The average Bonchev–Trinajstić information content (AvgIpc) is 3.16. The minimum atomic E-state index is -0.292. The molecule has 1 N–H and O–H groups in total. The second-order valence-electron chi connectivity index (χ2n) is 8.73. The zero-order valence-electron chi connectivity index (χ0n) is 19.2. The molecule has 1 saturated carbocycles. The van der Waals surface area contributed by atoms with Gasteiger partial charge in [-0.2, -0.15) is 10.2 Å². The first-order valence-electron chi connectivity index (χ1n) is 11.4. The number of carbonyl (C=O) groups excluding carboxylic acids is 1. The Morgan fingerprint density at radius 3 is 2.56 bits per heavy atom. The van der Waals surface area contributed by atoms with Crippen LogP contribution >= 0.6 is 0 Å². The molecule has 1 aromatic carbocycles. The van der Waals surface area contributed by atoms with Crippen LogP contribution < -0.4 is 10.9 Å². The Labute approximate surface area is 188 Å². The van der Waals surface area contributed by atoms with Gasteiger partial charge in [-0.1, -0.05) is 37.5 Å². The first-order valence-corrected chi connectivity index (χ1v) is 11.4. The summed E-state index contributed by atoms with van der Waals surface area (Å²) < 4.78 is 3.01. The summed E-state index contributed by atoms with van der Waals surface area (Å²) in [7, 11) is 2.12. The lowest BCUT2D eigenvalue weighted by Crippen LogP contribution is -2.41. The van der Waals surface area contributed by atoms with Gasteiger partial charge in [0.1, 0.15) is 12.1 Å². The lowest BCUT2D eigenvalue weighted by molar-refractivity contribution is -0.122. The third kappa shape index (κ3) is 4.60. The normalized spacial score (nSPS) is 14.9. The number of benzene rings is 1. The molecular weight excluding hydrogens is 404 g/mol. The number of nitrogens with zero attached hydrogens (tertiary/aromatic N) is 5. The Kier molecular flexibility index (Phi) is 6.69. The third-order valence-electron chi connectivity index (χ3n) is 6.46. The van der Waals surface area contributed by atoms with E-state index in [-0.39, 0.29) is 18.0 Å². The monoisotopic (exact) mass is 436 g/mol. The summed E-state index contributed by atoms with van der Waals surface area (Å²) >= 11 is 0. The Morgan fingerprint density at radius 2 is 1.84 bits per heavy atom. The van der Waals surface area contributed by atoms with Crippen molar-refractivity contribution in [2.45, 2.75) is 58.5 Å². The highest BCUT2D eigenvalue weighted by molar-refractivity contribution is 5.83. The van der Waals surface area contributed by atoms with Gasteiger partial charge >= 0.3 is 0 Å². The first kappa shape index (κ1) is 22.2. The van der Waals surface area contributed by atoms with Crippen molar-refractivity contribution in [3.63, 3.8) is 0 Å². The topological polar surface area (TPSA) is 85.0 Å². The van der Waals surface area contributed by atoms with Crippen molar-refractivity contribution in [1.29, 1.82) is 0 Å². The average molecular weight is 437 g/mol. The van der Waals surface area contributed by atoms with Crippen LogP contribution in [-0.4, -0.2) is 56.5 Å². The quantitative estimate of drug-likeness (QED) is 0.615. The Balaban J connectivity index is 1.46. The number of rotatable bonds is 7. The maximum atomic E-state index is 13.1. The van der Waals surface area contributed by atoms with E-state index in [0.29, 0.717) is 29.2 Å². The molecule has 0 unspecified atom stereocenters. The zero-order valence-corrected chi connectivity index (χ0v) is 19.2. The molecule has 2 heterocycles. The number of amides is 1. The third-order valence-corrected chi connectivity index (χ3v) is 6.46. The molecule has 170 valence electrons. The Bertz CT molecular complexity index is 1140. The van der Waals surface area contributed by atoms with Crippen LogP contribution in [0.4, 0.5) is 0 Å². The van der Waals surface area contributed by atoms with Crippen molar-refractivity contribution in [3.05, 3.63) is 52.1 Å². The molecule has 4 rings (SSSR count). The van der Waals surface area contributed by atoms with Gasteiger partial charge in [0, 0.05) is 19.1 Å². The molecule has 0 spiro atoms. The number of carbonyl (C=O) groups is 1. The number of likely N-dealkylation sites (N-methyl/N-ethyl adjacent to an activating group) is 1. The van der Waals surface area contributed by atoms with Crippen molar-refractivity contribution in [2.24, 2.45) is 0 Å².